The number of ether oxygens (including phenoxy) is 4. The van der Waals surface area contributed by atoms with Gasteiger partial charge in [-0.25, -0.2) is 5.43 Å². The third-order valence-electron chi connectivity index (χ3n) is 5.64. The van der Waals surface area contributed by atoms with E-state index < -0.39 is 0 Å². The van der Waals surface area contributed by atoms with Crippen LogP contribution in [0, 0.1) is 0 Å². The van der Waals surface area contributed by atoms with E-state index in [1.165, 1.54) is 24.0 Å². The van der Waals surface area contributed by atoms with Gasteiger partial charge in [0, 0.05) is 0 Å². The number of para-hydroxylation sites is 1. The lowest BCUT2D eigenvalue weighted by molar-refractivity contribution is -0.625. The minimum atomic E-state index is -0.318. The molecule has 0 spiro atoms. The van der Waals surface area contributed by atoms with E-state index in [1.807, 2.05) is 54.0 Å². The zero-order valence-corrected chi connectivity index (χ0v) is 23.3. The molecule has 0 atom stereocenters. The van der Waals surface area contributed by atoms with Gasteiger partial charge >= 0.3 is 5.16 Å². The second kappa shape index (κ2) is 13.4. The molecule has 0 saturated carbocycles. The average Bonchev–Trinajstić information content (AvgIpc) is 3.41. The Kier molecular flexibility index (Phi) is 9.47. The first-order chi connectivity index (χ1) is 19.5. The fraction of sp³-hybridized carbons (Fsp3) is 0.214. The number of aromatic hydroxyl groups is 1. The van der Waals surface area contributed by atoms with E-state index >= 15 is 0 Å². The normalized spacial score (nSPS) is 10.9. The summed E-state index contributed by atoms with van der Waals surface area (Å²) in [5, 5.41) is 22.0. The smallest absolute Gasteiger partial charge is 0.342 e. The topological polar surface area (TPSA) is 131 Å². The molecule has 0 fully saturated rings. The monoisotopic (exact) mass is 564 g/mol. The van der Waals surface area contributed by atoms with Crippen molar-refractivity contribution in [2.45, 2.75) is 12.1 Å². The Bertz CT molecular complexity index is 1470. The highest BCUT2D eigenvalue weighted by Gasteiger charge is 2.27. The molecule has 0 unspecified atom stereocenters. The number of rotatable bonds is 12. The number of amides is 1. The zero-order chi connectivity index (χ0) is 28.5. The van der Waals surface area contributed by atoms with Gasteiger partial charge in [-0.05, 0) is 66.7 Å². The summed E-state index contributed by atoms with van der Waals surface area (Å²) in [4.78, 5) is 12.6. The van der Waals surface area contributed by atoms with Gasteiger partial charge in [-0.3, -0.25) is 4.79 Å². The SMILES string of the molecule is CCOc1cc(/C=N/NC(=O)CSc2n[nH]c(-c3cc(OC)c(OC)c(OC)c3)[n+]2-c2ccccc2)ccc1O. The van der Waals surface area contributed by atoms with Crippen LogP contribution < -0.4 is 28.9 Å². The average molecular weight is 565 g/mol. The molecular weight excluding hydrogens is 534 g/mol. The predicted octanol–water partition coefficient (Wildman–Crippen LogP) is 3.73. The number of aromatic nitrogens is 3. The molecule has 4 aromatic rings. The van der Waals surface area contributed by atoms with E-state index in [-0.39, 0.29) is 17.4 Å². The molecule has 3 aromatic carbocycles. The van der Waals surface area contributed by atoms with Crippen molar-refractivity contribution in [2.24, 2.45) is 5.10 Å². The van der Waals surface area contributed by atoms with Crippen LogP contribution in [-0.4, -0.2) is 61.1 Å². The van der Waals surface area contributed by atoms with Crippen molar-refractivity contribution >= 4 is 23.9 Å². The van der Waals surface area contributed by atoms with Gasteiger partial charge in [-0.15, -0.1) is 5.10 Å². The fourth-order valence-corrected chi connectivity index (χ4v) is 4.61. The molecule has 40 heavy (non-hydrogen) atoms. The number of thioether (sulfide) groups is 1. The summed E-state index contributed by atoms with van der Waals surface area (Å²) in [5.74, 6) is 2.26. The van der Waals surface area contributed by atoms with Crippen molar-refractivity contribution in [1.82, 2.24) is 15.6 Å². The van der Waals surface area contributed by atoms with E-state index in [2.05, 4.69) is 20.7 Å². The van der Waals surface area contributed by atoms with E-state index in [0.717, 1.165) is 11.3 Å². The maximum absolute atomic E-state index is 12.6. The highest BCUT2D eigenvalue weighted by atomic mass is 32.2. The Balaban J connectivity index is 1.55. The Morgan fingerprint density at radius 2 is 1.77 bits per heavy atom. The van der Waals surface area contributed by atoms with Crippen LogP contribution in [0.3, 0.4) is 0 Å². The Morgan fingerprint density at radius 3 is 2.42 bits per heavy atom. The van der Waals surface area contributed by atoms with Crippen LogP contribution in [0.15, 0.2) is 70.9 Å². The van der Waals surface area contributed by atoms with Crippen molar-refractivity contribution in [1.29, 1.82) is 0 Å². The Labute approximate surface area is 235 Å². The lowest BCUT2D eigenvalue weighted by atomic mass is 10.1. The molecule has 1 amide bonds. The number of methoxy groups -OCH3 is 3. The molecular formula is C28H30N5O6S+. The van der Waals surface area contributed by atoms with Crippen LogP contribution >= 0.6 is 11.8 Å². The first kappa shape index (κ1) is 28.3. The van der Waals surface area contributed by atoms with Crippen molar-refractivity contribution in [3.8, 4) is 45.8 Å². The number of carbonyl (C=O) groups excluding carboxylic acids is 1. The van der Waals surface area contributed by atoms with Gasteiger partial charge in [0.1, 0.15) is 5.69 Å². The molecule has 11 nitrogen and oxygen atoms in total. The Hall–Kier alpha value is -4.71. The summed E-state index contributed by atoms with van der Waals surface area (Å²) in [5.41, 5.74) is 4.77. The molecule has 0 bridgehead atoms. The first-order valence-electron chi connectivity index (χ1n) is 12.3. The number of H-pyrrole nitrogens is 1. The van der Waals surface area contributed by atoms with Gasteiger partial charge in [0.15, 0.2) is 23.0 Å². The summed E-state index contributed by atoms with van der Waals surface area (Å²) in [6, 6.07) is 18.1. The Morgan fingerprint density at radius 1 is 1.05 bits per heavy atom. The summed E-state index contributed by atoms with van der Waals surface area (Å²) in [6.45, 7) is 2.24. The summed E-state index contributed by atoms with van der Waals surface area (Å²) in [6.07, 6.45) is 1.48. The molecule has 4 rings (SSSR count). The molecule has 1 aromatic heterocycles. The third kappa shape index (κ3) is 6.46. The highest BCUT2D eigenvalue weighted by molar-refractivity contribution is 7.99. The maximum Gasteiger partial charge on any atom is 0.342 e. The minimum absolute atomic E-state index is 0.0380. The van der Waals surface area contributed by atoms with E-state index in [4.69, 9.17) is 18.9 Å². The first-order valence-corrected chi connectivity index (χ1v) is 13.2. The van der Waals surface area contributed by atoms with Crippen LogP contribution in [0.5, 0.6) is 28.7 Å². The number of phenols is 1. The lowest BCUT2D eigenvalue weighted by Crippen LogP contribution is -2.34. The molecule has 1 heterocycles. The lowest BCUT2D eigenvalue weighted by Gasteiger charge is -2.13. The van der Waals surface area contributed by atoms with Gasteiger partial charge in [0.05, 0.1) is 50.6 Å². The van der Waals surface area contributed by atoms with Gasteiger partial charge in [-0.2, -0.15) is 9.67 Å². The standard InChI is InChI=1S/C28H29N5O6S/c1-5-39-22-13-18(11-12-21(22)34)16-29-30-25(35)17-40-28-32-31-27(33(28)20-9-7-6-8-10-20)19-14-23(36-2)26(38-4)24(15-19)37-3/h6-16H,5,17H2,1-4H3,(H2,29,30,34,35)/p+1. The number of carbonyl (C=O) groups is 1. The zero-order valence-electron chi connectivity index (χ0n) is 22.5. The largest absolute Gasteiger partial charge is 0.504 e. The third-order valence-corrected chi connectivity index (χ3v) is 6.58. The van der Waals surface area contributed by atoms with Crippen molar-refractivity contribution in [2.75, 3.05) is 33.7 Å². The highest BCUT2D eigenvalue weighted by Crippen LogP contribution is 2.40. The number of aromatic amines is 1. The molecule has 0 aliphatic heterocycles. The number of nitrogens with zero attached hydrogens (tertiary/aromatic N) is 3. The van der Waals surface area contributed by atoms with Crippen LogP contribution in [0.1, 0.15) is 12.5 Å². The maximum atomic E-state index is 12.6. The number of hydrogen-bond donors (Lipinski definition) is 3. The van der Waals surface area contributed by atoms with Crippen molar-refractivity contribution < 1.29 is 33.4 Å². The number of hydrogen-bond acceptors (Lipinski definition) is 9. The number of phenolic OH excluding ortho intramolecular Hbond substituents is 1. The predicted molar refractivity (Wildman–Crippen MR) is 151 cm³/mol. The summed E-state index contributed by atoms with van der Waals surface area (Å²) >= 11 is 1.24. The molecule has 0 aliphatic rings. The van der Waals surface area contributed by atoms with E-state index in [1.54, 1.807) is 33.5 Å². The summed E-state index contributed by atoms with van der Waals surface area (Å²) in [7, 11) is 4.66. The van der Waals surface area contributed by atoms with Crippen molar-refractivity contribution in [3.63, 3.8) is 0 Å². The minimum Gasteiger partial charge on any atom is -0.504 e. The van der Waals surface area contributed by atoms with Gasteiger partial charge in [0.2, 0.25) is 5.75 Å². The van der Waals surface area contributed by atoms with Gasteiger partial charge < -0.3 is 24.1 Å². The molecule has 3 N–H and O–H groups in total. The van der Waals surface area contributed by atoms with E-state index in [9.17, 15) is 9.90 Å². The van der Waals surface area contributed by atoms with Crippen molar-refractivity contribution in [3.05, 3.63) is 66.2 Å². The van der Waals surface area contributed by atoms with Gasteiger partial charge in [-0.1, -0.05) is 18.2 Å². The summed E-state index contributed by atoms with van der Waals surface area (Å²) < 4.78 is 23.8. The van der Waals surface area contributed by atoms with Gasteiger partial charge in [0.25, 0.3) is 11.7 Å². The number of hydrazone groups is 1. The molecule has 0 saturated heterocycles. The quantitative estimate of drug-likeness (QED) is 0.103. The molecule has 208 valence electrons. The number of benzene rings is 3. The van der Waals surface area contributed by atoms with Crippen LogP contribution in [-0.2, 0) is 4.79 Å². The van der Waals surface area contributed by atoms with Crippen LogP contribution in [0.2, 0.25) is 0 Å². The molecule has 0 aliphatic carbocycles. The van der Waals surface area contributed by atoms with Crippen LogP contribution in [0.25, 0.3) is 17.1 Å². The fourth-order valence-electron chi connectivity index (χ4n) is 3.84. The second-order valence-electron chi connectivity index (χ2n) is 8.18. The van der Waals surface area contributed by atoms with Crippen LogP contribution in [0.4, 0.5) is 0 Å². The molecule has 12 heteroatoms. The van der Waals surface area contributed by atoms with E-state index in [0.29, 0.717) is 46.1 Å². The number of nitrogens with one attached hydrogen (secondary N) is 2. The molecule has 0 radical (unpaired) electrons. The second-order valence-corrected chi connectivity index (χ2v) is 9.12.